The molecular formula is C8H15N3. The first-order valence-corrected chi connectivity index (χ1v) is 4.02. The van der Waals surface area contributed by atoms with E-state index in [-0.39, 0.29) is 5.41 Å². The van der Waals surface area contributed by atoms with Gasteiger partial charge in [-0.15, -0.1) is 0 Å². The van der Waals surface area contributed by atoms with Crippen LogP contribution in [0.2, 0.25) is 0 Å². The van der Waals surface area contributed by atoms with E-state index >= 15 is 0 Å². The second-order valence-corrected chi connectivity index (χ2v) is 3.42. The maximum absolute atomic E-state index is 8.77. The van der Waals surface area contributed by atoms with E-state index in [1.165, 1.54) is 0 Å². The van der Waals surface area contributed by atoms with E-state index in [1.807, 2.05) is 7.05 Å². The standard InChI is InChI=1S/C8H15N3/c1-11(5-4-9)7-8(6-10)2-3-8/h2-5,7,9H2,1H3. The molecule has 1 aliphatic carbocycles. The molecule has 0 saturated heterocycles. The number of nitrogens with two attached hydrogens (primary N) is 1. The molecule has 0 unspecified atom stereocenters. The van der Waals surface area contributed by atoms with Gasteiger partial charge < -0.3 is 10.6 Å². The lowest BCUT2D eigenvalue weighted by Gasteiger charge is -2.17. The van der Waals surface area contributed by atoms with Gasteiger partial charge in [0, 0.05) is 19.6 Å². The van der Waals surface area contributed by atoms with E-state index in [0.29, 0.717) is 6.54 Å². The summed E-state index contributed by atoms with van der Waals surface area (Å²) >= 11 is 0. The van der Waals surface area contributed by atoms with Crippen LogP contribution in [-0.4, -0.2) is 31.6 Å². The minimum Gasteiger partial charge on any atom is -0.329 e. The van der Waals surface area contributed by atoms with Gasteiger partial charge in [0.25, 0.3) is 0 Å². The normalized spacial score (nSPS) is 19.8. The van der Waals surface area contributed by atoms with Crippen molar-refractivity contribution in [2.75, 3.05) is 26.7 Å². The first-order chi connectivity index (χ1) is 5.22. The second-order valence-electron chi connectivity index (χ2n) is 3.42. The molecule has 0 heterocycles. The average molecular weight is 153 g/mol. The molecule has 2 N–H and O–H groups in total. The first-order valence-electron chi connectivity index (χ1n) is 4.02. The zero-order valence-electron chi connectivity index (χ0n) is 7.01. The van der Waals surface area contributed by atoms with Gasteiger partial charge in [0.1, 0.15) is 0 Å². The van der Waals surface area contributed by atoms with E-state index in [0.717, 1.165) is 25.9 Å². The third-order valence-corrected chi connectivity index (χ3v) is 2.17. The van der Waals surface area contributed by atoms with E-state index in [1.54, 1.807) is 0 Å². The van der Waals surface area contributed by atoms with Crippen LogP contribution in [0.15, 0.2) is 0 Å². The Kier molecular flexibility index (Phi) is 2.48. The van der Waals surface area contributed by atoms with Crippen LogP contribution in [0.4, 0.5) is 0 Å². The zero-order valence-corrected chi connectivity index (χ0v) is 7.01. The van der Waals surface area contributed by atoms with Gasteiger partial charge in [0.15, 0.2) is 0 Å². The number of rotatable bonds is 4. The Morgan fingerprint density at radius 3 is 2.64 bits per heavy atom. The van der Waals surface area contributed by atoms with Gasteiger partial charge in [-0.2, -0.15) is 5.26 Å². The van der Waals surface area contributed by atoms with Crippen LogP contribution in [0.1, 0.15) is 12.8 Å². The molecule has 0 aromatic carbocycles. The van der Waals surface area contributed by atoms with Crippen LogP contribution in [-0.2, 0) is 0 Å². The molecule has 0 aromatic heterocycles. The molecule has 1 rings (SSSR count). The maximum atomic E-state index is 8.77. The molecule has 0 bridgehead atoms. The first kappa shape index (κ1) is 8.51. The minimum atomic E-state index is -0.0100. The number of nitrogens with zero attached hydrogens (tertiary/aromatic N) is 2. The molecule has 1 fully saturated rings. The fourth-order valence-corrected chi connectivity index (χ4v) is 1.27. The summed E-state index contributed by atoms with van der Waals surface area (Å²) < 4.78 is 0. The Labute approximate surface area is 67.8 Å². The number of likely N-dealkylation sites (N-methyl/N-ethyl adjacent to an activating group) is 1. The van der Waals surface area contributed by atoms with Crippen molar-refractivity contribution in [1.29, 1.82) is 5.26 Å². The Hall–Kier alpha value is -0.590. The Balaban J connectivity index is 2.25. The van der Waals surface area contributed by atoms with Crippen molar-refractivity contribution < 1.29 is 0 Å². The molecule has 0 radical (unpaired) electrons. The highest BCUT2D eigenvalue weighted by atomic mass is 15.1. The van der Waals surface area contributed by atoms with Gasteiger partial charge in [-0.05, 0) is 19.9 Å². The van der Waals surface area contributed by atoms with Crippen molar-refractivity contribution in [3.8, 4) is 6.07 Å². The summed E-state index contributed by atoms with van der Waals surface area (Å²) in [7, 11) is 2.02. The Morgan fingerprint density at radius 1 is 1.64 bits per heavy atom. The van der Waals surface area contributed by atoms with Crippen molar-refractivity contribution in [3.63, 3.8) is 0 Å². The van der Waals surface area contributed by atoms with E-state index in [9.17, 15) is 0 Å². The lowest BCUT2D eigenvalue weighted by molar-refractivity contribution is 0.301. The largest absolute Gasteiger partial charge is 0.329 e. The van der Waals surface area contributed by atoms with Crippen LogP contribution in [0.5, 0.6) is 0 Å². The smallest absolute Gasteiger partial charge is 0.0703 e. The summed E-state index contributed by atoms with van der Waals surface area (Å²) in [5.74, 6) is 0. The molecule has 0 atom stereocenters. The van der Waals surface area contributed by atoms with Crippen LogP contribution in [0.3, 0.4) is 0 Å². The predicted octanol–water partition coefficient (Wildman–Crippen LogP) is 0.181. The van der Waals surface area contributed by atoms with Crippen LogP contribution >= 0.6 is 0 Å². The summed E-state index contributed by atoms with van der Waals surface area (Å²) in [6.07, 6.45) is 2.14. The molecule has 3 nitrogen and oxygen atoms in total. The highest BCUT2D eigenvalue weighted by Crippen LogP contribution is 2.45. The fraction of sp³-hybridized carbons (Fsp3) is 0.875. The summed E-state index contributed by atoms with van der Waals surface area (Å²) in [6, 6.07) is 2.36. The van der Waals surface area contributed by atoms with Gasteiger partial charge >= 0.3 is 0 Å². The molecule has 11 heavy (non-hydrogen) atoms. The quantitative estimate of drug-likeness (QED) is 0.627. The molecule has 0 amide bonds. The topological polar surface area (TPSA) is 53.0 Å². The minimum absolute atomic E-state index is 0.0100. The van der Waals surface area contributed by atoms with Gasteiger partial charge in [-0.3, -0.25) is 0 Å². The predicted molar refractivity (Wildman–Crippen MR) is 43.8 cm³/mol. The Bertz CT molecular complexity index is 167. The lowest BCUT2D eigenvalue weighted by Crippen LogP contribution is -2.30. The third kappa shape index (κ3) is 2.18. The van der Waals surface area contributed by atoms with Gasteiger partial charge in [-0.25, -0.2) is 0 Å². The van der Waals surface area contributed by atoms with Crippen LogP contribution in [0, 0.1) is 16.7 Å². The highest BCUT2D eigenvalue weighted by molar-refractivity contribution is 5.11. The maximum Gasteiger partial charge on any atom is 0.0703 e. The summed E-state index contributed by atoms with van der Waals surface area (Å²) in [6.45, 7) is 2.46. The molecule has 62 valence electrons. The monoisotopic (exact) mass is 153 g/mol. The van der Waals surface area contributed by atoms with Crippen molar-refractivity contribution in [2.24, 2.45) is 11.1 Å². The van der Waals surface area contributed by atoms with E-state index in [4.69, 9.17) is 11.0 Å². The fourth-order valence-electron chi connectivity index (χ4n) is 1.27. The van der Waals surface area contributed by atoms with Crippen molar-refractivity contribution in [1.82, 2.24) is 4.90 Å². The zero-order chi connectivity index (χ0) is 8.32. The molecule has 0 aliphatic heterocycles. The number of hydrogen-bond donors (Lipinski definition) is 1. The van der Waals surface area contributed by atoms with Crippen molar-refractivity contribution >= 4 is 0 Å². The average Bonchev–Trinajstić information content (AvgIpc) is 2.70. The molecular weight excluding hydrogens is 138 g/mol. The van der Waals surface area contributed by atoms with E-state index < -0.39 is 0 Å². The summed E-state index contributed by atoms with van der Waals surface area (Å²) in [4.78, 5) is 2.14. The molecule has 1 aliphatic rings. The lowest BCUT2D eigenvalue weighted by atomic mass is 10.1. The molecule has 1 saturated carbocycles. The van der Waals surface area contributed by atoms with Crippen LogP contribution < -0.4 is 5.73 Å². The van der Waals surface area contributed by atoms with Crippen molar-refractivity contribution in [2.45, 2.75) is 12.8 Å². The highest BCUT2D eigenvalue weighted by Gasteiger charge is 2.43. The third-order valence-electron chi connectivity index (χ3n) is 2.17. The van der Waals surface area contributed by atoms with Gasteiger partial charge in [-0.1, -0.05) is 0 Å². The molecule has 3 heteroatoms. The van der Waals surface area contributed by atoms with Gasteiger partial charge in [0.05, 0.1) is 11.5 Å². The number of hydrogen-bond acceptors (Lipinski definition) is 3. The van der Waals surface area contributed by atoms with E-state index in [2.05, 4.69) is 11.0 Å². The number of nitriles is 1. The SMILES string of the molecule is CN(CCN)CC1(C#N)CC1. The Morgan fingerprint density at radius 2 is 2.27 bits per heavy atom. The summed E-state index contributed by atoms with van der Waals surface area (Å²) in [5, 5.41) is 8.77. The van der Waals surface area contributed by atoms with Crippen molar-refractivity contribution in [3.05, 3.63) is 0 Å². The molecule has 0 aromatic rings. The molecule has 0 spiro atoms. The second kappa shape index (κ2) is 3.21. The van der Waals surface area contributed by atoms with Crippen LogP contribution in [0.25, 0.3) is 0 Å². The summed E-state index contributed by atoms with van der Waals surface area (Å²) in [5.41, 5.74) is 5.38. The van der Waals surface area contributed by atoms with Gasteiger partial charge in [0.2, 0.25) is 0 Å².